The van der Waals surface area contributed by atoms with Crippen molar-refractivity contribution in [3.8, 4) is 0 Å². The van der Waals surface area contributed by atoms with Crippen LogP contribution in [0, 0.1) is 6.92 Å². The average molecular weight is 355 g/mol. The molecule has 2 aromatic carbocycles. The van der Waals surface area contributed by atoms with Crippen molar-refractivity contribution in [1.29, 1.82) is 0 Å². The Bertz CT molecular complexity index is 730. The van der Waals surface area contributed by atoms with E-state index in [0.717, 1.165) is 6.42 Å². The summed E-state index contributed by atoms with van der Waals surface area (Å²) in [7, 11) is 1.27. The van der Waals surface area contributed by atoms with Crippen LogP contribution in [0.4, 0.5) is 4.79 Å². The zero-order valence-corrected chi connectivity index (χ0v) is 15.4. The van der Waals surface area contributed by atoms with Crippen LogP contribution in [0.25, 0.3) is 0 Å². The molecule has 0 aliphatic carbocycles. The lowest BCUT2D eigenvalue weighted by molar-refractivity contribution is -0.151. The number of esters is 1. The number of aryl methyl sites for hydroxylation is 1. The normalized spacial score (nSPS) is 12.7. The maximum absolute atomic E-state index is 12.4. The molecule has 1 amide bonds. The van der Waals surface area contributed by atoms with Gasteiger partial charge in [-0.1, -0.05) is 61.5 Å². The molecule has 0 fully saturated rings. The monoisotopic (exact) mass is 355 g/mol. The van der Waals surface area contributed by atoms with Crippen molar-refractivity contribution in [3.05, 3.63) is 71.3 Å². The highest BCUT2D eigenvalue weighted by atomic mass is 16.6. The van der Waals surface area contributed by atoms with Crippen molar-refractivity contribution >= 4 is 12.1 Å². The van der Waals surface area contributed by atoms with Gasteiger partial charge in [0.2, 0.25) is 6.10 Å². The Morgan fingerprint density at radius 2 is 1.69 bits per heavy atom. The standard InChI is InChI=1S/C21H25NO4/c1-4-18(14-17-13-9-8-10-15(17)2)22-21(24)26-19(20(23)25-3)16-11-6-5-7-12-16/h5-13,18-19H,4,14H2,1-3H3,(H,22,24). The lowest BCUT2D eigenvalue weighted by Crippen LogP contribution is -2.38. The minimum Gasteiger partial charge on any atom is -0.466 e. The number of ether oxygens (including phenoxy) is 2. The summed E-state index contributed by atoms with van der Waals surface area (Å²) in [4.78, 5) is 24.4. The molecule has 2 unspecified atom stereocenters. The molecular formula is C21H25NO4. The minimum atomic E-state index is -1.09. The van der Waals surface area contributed by atoms with E-state index in [1.165, 1.54) is 18.2 Å². The van der Waals surface area contributed by atoms with Crippen LogP contribution in [0.2, 0.25) is 0 Å². The van der Waals surface area contributed by atoms with E-state index in [1.54, 1.807) is 24.3 Å². The predicted molar refractivity (Wildman–Crippen MR) is 99.8 cm³/mol. The smallest absolute Gasteiger partial charge is 0.408 e. The fraction of sp³-hybridized carbons (Fsp3) is 0.333. The topological polar surface area (TPSA) is 64.6 Å². The van der Waals surface area contributed by atoms with Gasteiger partial charge in [0.25, 0.3) is 0 Å². The third-order valence-electron chi connectivity index (χ3n) is 4.28. The van der Waals surface area contributed by atoms with Gasteiger partial charge in [-0.25, -0.2) is 9.59 Å². The number of benzene rings is 2. The second-order valence-electron chi connectivity index (χ2n) is 6.10. The van der Waals surface area contributed by atoms with E-state index in [2.05, 4.69) is 5.32 Å². The predicted octanol–water partition coefficient (Wildman–Crippen LogP) is 3.96. The zero-order valence-electron chi connectivity index (χ0n) is 15.4. The van der Waals surface area contributed by atoms with E-state index >= 15 is 0 Å². The van der Waals surface area contributed by atoms with E-state index in [4.69, 9.17) is 9.47 Å². The maximum atomic E-state index is 12.4. The van der Waals surface area contributed by atoms with Gasteiger partial charge in [-0.05, 0) is 30.9 Å². The number of rotatable bonds is 7. The zero-order chi connectivity index (χ0) is 18.9. The number of methoxy groups -OCH3 is 1. The lowest BCUT2D eigenvalue weighted by Gasteiger charge is -2.21. The van der Waals surface area contributed by atoms with E-state index in [9.17, 15) is 9.59 Å². The van der Waals surface area contributed by atoms with Crippen LogP contribution in [0.3, 0.4) is 0 Å². The number of hydrogen-bond acceptors (Lipinski definition) is 4. The second-order valence-corrected chi connectivity index (χ2v) is 6.10. The quantitative estimate of drug-likeness (QED) is 0.764. The van der Waals surface area contributed by atoms with Crippen molar-refractivity contribution in [2.24, 2.45) is 0 Å². The summed E-state index contributed by atoms with van der Waals surface area (Å²) in [5, 5.41) is 2.85. The summed E-state index contributed by atoms with van der Waals surface area (Å²) in [6.07, 6.45) is -0.272. The lowest BCUT2D eigenvalue weighted by atomic mass is 10.00. The van der Waals surface area contributed by atoms with Gasteiger partial charge in [-0.2, -0.15) is 0 Å². The molecule has 1 N–H and O–H groups in total. The molecule has 0 aromatic heterocycles. The number of amides is 1. The first-order valence-electron chi connectivity index (χ1n) is 8.69. The largest absolute Gasteiger partial charge is 0.466 e. The molecule has 0 aliphatic rings. The SMILES string of the molecule is CCC(Cc1ccccc1C)NC(=O)OC(C(=O)OC)c1ccccc1. The number of nitrogens with one attached hydrogen (secondary N) is 1. The van der Waals surface area contributed by atoms with Crippen molar-refractivity contribution in [1.82, 2.24) is 5.32 Å². The van der Waals surface area contributed by atoms with Gasteiger partial charge in [0, 0.05) is 11.6 Å². The number of carbonyl (C=O) groups excluding carboxylic acids is 2. The van der Waals surface area contributed by atoms with Gasteiger partial charge in [0.15, 0.2) is 0 Å². The molecule has 0 heterocycles. The highest BCUT2D eigenvalue weighted by Crippen LogP contribution is 2.19. The van der Waals surface area contributed by atoms with Gasteiger partial charge in [0.1, 0.15) is 0 Å². The van der Waals surface area contributed by atoms with Crippen molar-refractivity contribution in [2.45, 2.75) is 38.8 Å². The summed E-state index contributed by atoms with van der Waals surface area (Å²) in [5.74, 6) is -0.613. The van der Waals surface area contributed by atoms with E-state index in [0.29, 0.717) is 12.0 Å². The molecule has 5 heteroatoms. The van der Waals surface area contributed by atoms with Crippen LogP contribution in [-0.2, 0) is 20.7 Å². The summed E-state index contributed by atoms with van der Waals surface area (Å²) in [6.45, 7) is 4.04. The van der Waals surface area contributed by atoms with Crippen LogP contribution in [-0.4, -0.2) is 25.2 Å². The molecule has 0 aliphatic heterocycles. The van der Waals surface area contributed by atoms with Gasteiger partial charge < -0.3 is 14.8 Å². The Balaban J connectivity index is 2.04. The Morgan fingerprint density at radius 3 is 2.31 bits per heavy atom. The van der Waals surface area contributed by atoms with Gasteiger partial charge in [0.05, 0.1) is 7.11 Å². The highest BCUT2D eigenvalue weighted by molar-refractivity contribution is 5.80. The molecule has 0 saturated heterocycles. The van der Waals surface area contributed by atoms with Gasteiger partial charge in [-0.15, -0.1) is 0 Å². The van der Waals surface area contributed by atoms with Crippen LogP contribution in [0.15, 0.2) is 54.6 Å². The van der Waals surface area contributed by atoms with Crippen molar-refractivity contribution in [3.63, 3.8) is 0 Å². The van der Waals surface area contributed by atoms with E-state index < -0.39 is 18.2 Å². The number of carbonyl (C=O) groups is 2. The Morgan fingerprint density at radius 1 is 1.04 bits per heavy atom. The number of alkyl carbamates (subject to hydrolysis) is 1. The summed E-state index contributed by atoms with van der Waals surface area (Å²) in [5.41, 5.74) is 2.92. The molecule has 0 bridgehead atoms. The van der Waals surface area contributed by atoms with E-state index in [1.807, 2.05) is 44.2 Å². The molecular weight excluding hydrogens is 330 g/mol. The first kappa shape index (κ1) is 19.5. The fourth-order valence-electron chi connectivity index (χ4n) is 2.70. The van der Waals surface area contributed by atoms with Crippen LogP contribution >= 0.6 is 0 Å². The molecule has 0 saturated carbocycles. The second kappa shape index (κ2) is 9.61. The maximum Gasteiger partial charge on any atom is 0.408 e. The van der Waals surface area contributed by atoms with Crippen LogP contribution < -0.4 is 5.32 Å². The molecule has 2 rings (SSSR count). The Labute approximate surface area is 154 Å². The van der Waals surface area contributed by atoms with Crippen LogP contribution in [0.1, 0.15) is 36.1 Å². The third kappa shape index (κ3) is 5.34. The summed E-state index contributed by atoms with van der Waals surface area (Å²) in [6, 6.07) is 16.8. The van der Waals surface area contributed by atoms with Gasteiger partial charge in [-0.3, -0.25) is 0 Å². The molecule has 2 atom stereocenters. The molecule has 0 radical (unpaired) electrons. The molecule has 138 valence electrons. The molecule has 26 heavy (non-hydrogen) atoms. The fourth-order valence-corrected chi connectivity index (χ4v) is 2.70. The number of hydrogen-bond donors (Lipinski definition) is 1. The highest BCUT2D eigenvalue weighted by Gasteiger charge is 2.26. The molecule has 2 aromatic rings. The summed E-state index contributed by atoms with van der Waals surface area (Å²) < 4.78 is 10.1. The van der Waals surface area contributed by atoms with Crippen molar-refractivity contribution in [2.75, 3.05) is 7.11 Å². The minimum absolute atomic E-state index is 0.0855. The van der Waals surface area contributed by atoms with Gasteiger partial charge >= 0.3 is 12.1 Å². The van der Waals surface area contributed by atoms with Crippen molar-refractivity contribution < 1.29 is 19.1 Å². The Hall–Kier alpha value is -2.82. The first-order valence-corrected chi connectivity index (χ1v) is 8.69. The van der Waals surface area contributed by atoms with Crippen LogP contribution in [0.5, 0.6) is 0 Å². The Kier molecular flexibility index (Phi) is 7.21. The van der Waals surface area contributed by atoms with E-state index in [-0.39, 0.29) is 6.04 Å². The summed E-state index contributed by atoms with van der Waals surface area (Å²) >= 11 is 0. The average Bonchev–Trinajstić information content (AvgIpc) is 2.67. The molecule has 5 nitrogen and oxygen atoms in total. The molecule has 0 spiro atoms. The first-order chi connectivity index (χ1) is 12.5. The third-order valence-corrected chi connectivity index (χ3v) is 4.28.